The Morgan fingerprint density at radius 1 is 1.40 bits per heavy atom. The van der Waals surface area contributed by atoms with E-state index in [4.69, 9.17) is 4.74 Å². The summed E-state index contributed by atoms with van der Waals surface area (Å²) in [4.78, 5) is 11.6. The highest BCUT2D eigenvalue weighted by atomic mass is 127. The SMILES string of the molecule is CCCC(=O)C(CI)Oc1ccccc1. The van der Waals surface area contributed by atoms with Crippen LogP contribution in [-0.2, 0) is 4.79 Å². The lowest BCUT2D eigenvalue weighted by atomic mass is 10.1. The number of ether oxygens (including phenoxy) is 1. The van der Waals surface area contributed by atoms with Gasteiger partial charge in [0, 0.05) is 10.8 Å². The summed E-state index contributed by atoms with van der Waals surface area (Å²) >= 11 is 2.19. The van der Waals surface area contributed by atoms with Crippen LogP contribution in [0.4, 0.5) is 0 Å². The Hall–Kier alpha value is -0.580. The summed E-state index contributed by atoms with van der Waals surface area (Å²) in [7, 11) is 0. The molecule has 3 heteroatoms. The molecule has 0 bridgehead atoms. The number of para-hydroxylation sites is 1. The van der Waals surface area contributed by atoms with Gasteiger partial charge in [-0.1, -0.05) is 47.7 Å². The molecule has 1 aromatic carbocycles. The highest BCUT2D eigenvalue weighted by Crippen LogP contribution is 2.13. The van der Waals surface area contributed by atoms with Crippen molar-refractivity contribution in [1.82, 2.24) is 0 Å². The van der Waals surface area contributed by atoms with E-state index in [-0.39, 0.29) is 11.9 Å². The first-order valence-electron chi connectivity index (χ1n) is 5.08. The van der Waals surface area contributed by atoms with Gasteiger partial charge in [0.1, 0.15) is 5.75 Å². The molecule has 0 heterocycles. The second-order valence-electron chi connectivity index (χ2n) is 3.29. The molecule has 0 aliphatic carbocycles. The molecule has 0 aliphatic heterocycles. The summed E-state index contributed by atoms with van der Waals surface area (Å²) in [6.07, 6.45) is 1.18. The lowest BCUT2D eigenvalue weighted by Crippen LogP contribution is -2.28. The third-order valence-corrected chi connectivity index (χ3v) is 2.82. The Bertz CT molecular complexity index is 298. The Kier molecular flexibility index (Phi) is 5.68. The Balaban J connectivity index is 2.58. The van der Waals surface area contributed by atoms with Gasteiger partial charge in [-0.05, 0) is 18.6 Å². The van der Waals surface area contributed by atoms with Crippen molar-refractivity contribution in [1.29, 1.82) is 0 Å². The minimum absolute atomic E-state index is 0.191. The summed E-state index contributed by atoms with van der Waals surface area (Å²) in [5.41, 5.74) is 0. The van der Waals surface area contributed by atoms with Crippen molar-refractivity contribution < 1.29 is 9.53 Å². The quantitative estimate of drug-likeness (QED) is 0.594. The van der Waals surface area contributed by atoms with Gasteiger partial charge in [0.25, 0.3) is 0 Å². The van der Waals surface area contributed by atoms with Crippen molar-refractivity contribution in [3.63, 3.8) is 0 Å². The third kappa shape index (κ3) is 4.20. The van der Waals surface area contributed by atoms with E-state index in [9.17, 15) is 4.79 Å². The van der Waals surface area contributed by atoms with Crippen molar-refractivity contribution in [3.05, 3.63) is 30.3 Å². The third-order valence-electron chi connectivity index (χ3n) is 2.02. The second kappa shape index (κ2) is 6.82. The average molecular weight is 318 g/mol. The maximum Gasteiger partial charge on any atom is 0.174 e. The predicted molar refractivity (Wildman–Crippen MR) is 69.7 cm³/mol. The zero-order chi connectivity index (χ0) is 11.1. The van der Waals surface area contributed by atoms with Gasteiger partial charge in [-0.25, -0.2) is 0 Å². The van der Waals surface area contributed by atoms with E-state index in [2.05, 4.69) is 22.6 Å². The number of benzene rings is 1. The van der Waals surface area contributed by atoms with Crippen molar-refractivity contribution in [3.8, 4) is 5.75 Å². The summed E-state index contributed by atoms with van der Waals surface area (Å²) < 4.78 is 6.32. The molecule has 1 aromatic rings. The largest absolute Gasteiger partial charge is 0.482 e. The first-order chi connectivity index (χ1) is 7.27. The van der Waals surface area contributed by atoms with Crippen molar-refractivity contribution >= 4 is 28.4 Å². The van der Waals surface area contributed by atoms with Gasteiger partial charge >= 0.3 is 0 Å². The number of ketones is 1. The topological polar surface area (TPSA) is 26.3 Å². The Labute approximate surface area is 104 Å². The van der Waals surface area contributed by atoms with Crippen LogP contribution in [0.5, 0.6) is 5.75 Å². The van der Waals surface area contributed by atoms with E-state index in [0.29, 0.717) is 10.8 Å². The fourth-order valence-corrected chi connectivity index (χ4v) is 1.92. The zero-order valence-electron chi connectivity index (χ0n) is 8.78. The molecule has 0 N–H and O–H groups in total. The van der Waals surface area contributed by atoms with Crippen LogP contribution in [0.2, 0.25) is 0 Å². The molecule has 15 heavy (non-hydrogen) atoms. The standard InChI is InChI=1S/C12H15IO2/c1-2-6-11(14)12(9-13)15-10-7-4-3-5-8-10/h3-5,7-8,12H,2,6,9H2,1H3. The monoisotopic (exact) mass is 318 g/mol. The lowest BCUT2D eigenvalue weighted by Gasteiger charge is -2.15. The minimum Gasteiger partial charge on any atom is -0.482 e. The van der Waals surface area contributed by atoms with Crippen LogP contribution < -0.4 is 4.74 Å². The summed E-state index contributed by atoms with van der Waals surface area (Å²) in [5, 5.41) is 0. The molecule has 0 aliphatic rings. The van der Waals surface area contributed by atoms with Crippen molar-refractivity contribution in [2.45, 2.75) is 25.9 Å². The molecule has 0 saturated carbocycles. The fourth-order valence-electron chi connectivity index (χ4n) is 1.25. The molecule has 0 saturated heterocycles. The molecule has 0 aromatic heterocycles. The van der Waals surface area contributed by atoms with Gasteiger partial charge in [-0.2, -0.15) is 0 Å². The van der Waals surface area contributed by atoms with Crippen LogP contribution in [0.1, 0.15) is 19.8 Å². The van der Waals surface area contributed by atoms with Gasteiger partial charge in [-0.15, -0.1) is 0 Å². The molecule has 0 amide bonds. The van der Waals surface area contributed by atoms with E-state index < -0.39 is 0 Å². The van der Waals surface area contributed by atoms with Crippen LogP contribution in [-0.4, -0.2) is 16.3 Å². The molecule has 0 fully saturated rings. The molecule has 1 rings (SSSR count). The van der Waals surface area contributed by atoms with Gasteiger partial charge < -0.3 is 4.74 Å². The molecule has 0 radical (unpaired) electrons. The molecule has 0 spiro atoms. The molecule has 1 atom stereocenters. The fraction of sp³-hybridized carbons (Fsp3) is 0.417. The second-order valence-corrected chi connectivity index (χ2v) is 4.17. The number of alkyl halides is 1. The van der Waals surface area contributed by atoms with E-state index >= 15 is 0 Å². The smallest absolute Gasteiger partial charge is 0.174 e. The van der Waals surface area contributed by atoms with Gasteiger partial charge in [0.2, 0.25) is 0 Å². The Morgan fingerprint density at radius 2 is 2.07 bits per heavy atom. The number of halogens is 1. The van der Waals surface area contributed by atoms with Crippen LogP contribution in [0.25, 0.3) is 0 Å². The van der Waals surface area contributed by atoms with E-state index in [0.717, 1.165) is 12.2 Å². The van der Waals surface area contributed by atoms with E-state index in [1.54, 1.807) is 0 Å². The van der Waals surface area contributed by atoms with Gasteiger partial charge in [0.05, 0.1) is 0 Å². The number of rotatable bonds is 6. The average Bonchev–Trinajstić information content (AvgIpc) is 2.27. The minimum atomic E-state index is -0.298. The maximum absolute atomic E-state index is 11.6. The summed E-state index contributed by atoms with van der Waals surface area (Å²) in [6.45, 7) is 2.00. The molecule has 2 nitrogen and oxygen atoms in total. The van der Waals surface area contributed by atoms with Crippen molar-refractivity contribution in [2.24, 2.45) is 0 Å². The first-order valence-corrected chi connectivity index (χ1v) is 6.61. The summed E-state index contributed by atoms with van der Waals surface area (Å²) in [5.74, 6) is 0.958. The van der Waals surface area contributed by atoms with Crippen molar-refractivity contribution in [2.75, 3.05) is 4.43 Å². The molecule has 1 unspecified atom stereocenters. The van der Waals surface area contributed by atoms with Gasteiger partial charge in [-0.3, -0.25) is 4.79 Å². The van der Waals surface area contributed by atoms with E-state index in [1.807, 2.05) is 37.3 Å². The number of hydrogen-bond acceptors (Lipinski definition) is 2. The summed E-state index contributed by atoms with van der Waals surface area (Å²) in [6, 6.07) is 9.49. The molecular weight excluding hydrogens is 303 g/mol. The maximum atomic E-state index is 11.6. The predicted octanol–water partition coefficient (Wildman–Crippen LogP) is 3.24. The van der Waals surface area contributed by atoms with Gasteiger partial charge in [0.15, 0.2) is 11.9 Å². The van der Waals surface area contributed by atoms with Crippen LogP contribution in [0.15, 0.2) is 30.3 Å². The normalized spacial score (nSPS) is 12.1. The highest BCUT2D eigenvalue weighted by Gasteiger charge is 2.17. The van der Waals surface area contributed by atoms with Crippen LogP contribution in [0, 0.1) is 0 Å². The lowest BCUT2D eigenvalue weighted by molar-refractivity contribution is -0.124. The number of carbonyl (C=O) groups excluding carboxylic acids is 1. The van der Waals surface area contributed by atoms with E-state index in [1.165, 1.54) is 0 Å². The highest BCUT2D eigenvalue weighted by molar-refractivity contribution is 14.1. The number of hydrogen-bond donors (Lipinski definition) is 0. The molecular formula is C12H15IO2. The Morgan fingerprint density at radius 3 is 2.60 bits per heavy atom. The number of Topliss-reactive ketones (excluding diaryl/α,β-unsaturated/α-hetero) is 1. The molecule has 82 valence electrons. The zero-order valence-corrected chi connectivity index (χ0v) is 10.9. The van der Waals surface area contributed by atoms with Crippen LogP contribution in [0.3, 0.4) is 0 Å². The first kappa shape index (κ1) is 12.5. The van der Waals surface area contributed by atoms with Crippen LogP contribution >= 0.6 is 22.6 Å². The number of carbonyl (C=O) groups is 1.